The van der Waals surface area contributed by atoms with Gasteiger partial charge in [0.2, 0.25) is 5.91 Å². The van der Waals surface area contributed by atoms with Crippen molar-refractivity contribution in [3.05, 3.63) is 60.3 Å². The first-order valence-electron chi connectivity index (χ1n) is 7.76. The molecule has 1 unspecified atom stereocenters. The predicted octanol–water partition coefficient (Wildman–Crippen LogP) is 3.05. The lowest BCUT2D eigenvalue weighted by molar-refractivity contribution is -0.120. The molecule has 1 aliphatic heterocycles. The highest BCUT2D eigenvalue weighted by Crippen LogP contribution is 2.38. The minimum Gasteiger partial charge on any atom is -0.487 e. The zero-order valence-corrected chi connectivity index (χ0v) is 13.2. The molecule has 1 aromatic heterocycles. The summed E-state index contributed by atoms with van der Waals surface area (Å²) in [6, 6.07) is 10.1. The Morgan fingerprint density at radius 1 is 1.48 bits per heavy atom. The van der Waals surface area contributed by atoms with E-state index in [2.05, 4.69) is 35.9 Å². The lowest BCUT2D eigenvalue weighted by atomic mass is 10.0. The van der Waals surface area contributed by atoms with Crippen LogP contribution in [0, 0.1) is 6.92 Å². The number of carbonyl (C=O) groups excluding carboxylic acids is 1. The molecule has 0 aliphatic carbocycles. The van der Waals surface area contributed by atoms with Crippen LogP contribution < -0.4 is 10.1 Å². The molecule has 4 nitrogen and oxygen atoms in total. The Morgan fingerprint density at radius 2 is 2.35 bits per heavy atom. The normalized spacial score (nSPS) is 15.6. The van der Waals surface area contributed by atoms with Gasteiger partial charge in [-0.15, -0.1) is 6.58 Å². The maximum Gasteiger partial charge on any atom is 0.223 e. The number of fused-ring (bicyclic) bond motifs is 1. The number of carbonyl (C=O) groups is 1. The SMILES string of the molecule is C=CCC(=O)NCC1Cc2cc(C)cc(-c3ccccn3)c2O1. The topological polar surface area (TPSA) is 51.2 Å². The number of nitrogens with zero attached hydrogens (tertiary/aromatic N) is 1. The third kappa shape index (κ3) is 3.42. The first-order chi connectivity index (χ1) is 11.2. The predicted molar refractivity (Wildman–Crippen MR) is 90.4 cm³/mol. The van der Waals surface area contributed by atoms with E-state index in [9.17, 15) is 4.79 Å². The van der Waals surface area contributed by atoms with Gasteiger partial charge in [0, 0.05) is 24.6 Å². The van der Waals surface area contributed by atoms with Crippen molar-refractivity contribution in [3.8, 4) is 17.0 Å². The van der Waals surface area contributed by atoms with Crippen LogP contribution in [0.3, 0.4) is 0 Å². The number of amides is 1. The molecule has 1 N–H and O–H groups in total. The molecule has 1 amide bonds. The van der Waals surface area contributed by atoms with Crippen molar-refractivity contribution in [2.45, 2.75) is 25.9 Å². The fourth-order valence-electron chi connectivity index (χ4n) is 2.85. The first-order valence-corrected chi connectivity index (χ1v) is 7.76. The van der Waals surface area contributed by atoms with Crippen molar-refractivity contribution in [1.82, 2.24) is 10.3 Å². The highest BCUT2D eigenvalue weighted by Gasteiger charge is 2.26. The van der Waals surface area contributed by atoms with Gasteiger partial charge in [-0.25, -0.2) is 0 Å². The van der Waals surface area contributed by atoms with Crippen LogP contribution in [0.15, 0.2) is 49.2 Å². The molecular weight excluding hydrogens is 288 g/mol. The molecule has 0 spiro atoms. The van der Waals surface area contributed by atoms with Gasteiger partial charge in [0.1, 0.15) is 11.9 Å². The van der Waals surface area contributed by atoms with Gasteiger partial charge < -0.3 is 10.1 Å². The van der Waals surface area contributed by atoms with Gasteiger partial charge in [-0.3, -0.25) is 9.78 Å². The van der Waals surface area contributed by atoms with Crippen molar-refractivity contribution in [2.75, 3.05) is 6.54 Å². The highest BCUT2D eigenvalue weighted by atomic mass is 16.5. The van der Waals surface area contributed by atoms with Crippen molar-refractivity contribution in [3.63, 3.8) is 0 Å². The van der Waals surface area contributed by atoms with Gasteiger partial charge in [0.15, 0.2) is 0 Å². The molecule has 3 rings (SSSR count). The Kier molecular flexibility index (Phi) is 4.42. The maximum atomic E-state index is 11.6. The molecule has 0 bridgehead atoms. The monoisotopic (exact) mass is 308 g/mol. The number of rotatable bonds is 5. The Hall–Kier alpha value is -2.62. The van der Waals surface area contributed by atoms with Gasteiger partial charge in [-0.05, 0) is 36.2 Å². The summed E-state index contributed by atoms with van der Waals surface area (Å²) >= 11 is 0. The summed E-state index contributed by atoms with van der Waals surface area (Å²) in [5.41, 5.74) is 4.28. The van der Waals surface area contributed by atoms with Crippen molar-refractivity contribution in [2.24, 2.45) is 0 Å². The molecular formula is C19H20N2O2. The van der Waals surface area contributed by atoms with Gasteiger partial charge in [0.25, 0.3) is 0 Å². The number of nitrogens with one attached hydrogen (secondary N) is 1. The van der Waals surface area contributed by atoms with E-state index in [-0.39, 0.29) is 12.0 Å². The fraction of sp³-hybridized carbons (Fsp3) is 0.263. The van der Waals surface area contributed by atoms with Crippen molar-refractivity contribution >= 4 is 5.91 Å². The Labute approximate surface area is 136 Å². The summed E-state index contributed by atoms with van der Waals surface area (Å²) in [7, 11) is 0. The van der Waals surface area contributed by atoms with Crippen LogP contribution in [-0.2, 0) is 11.2 Å². The minimum absolute atomic E-state index is 0.0271. The molecule has 0 saturated heterocycles. The van der Waals surface area contributed by atoms with Gasteiger partial charge in [-0.1, -0.05) is 18.2 Å². The average molecular weight is 308 g/mol. The summed E-state index contributed by atoms with van der Waals surface area (Å²) in [4.78, 5) is 16.0. The summed E-state index contributed by atoms with van der Waals surface area (Å²) in [5.74, 6) is 0.859. The molecule has 0 radical (unpaired) electrons. The lowest BCUT2D eigenvalue weighted by Gasteiger charge is -2.13. The fourth-order valence-corrected chi connectivity index (χ4v) is 2.85. The summed E-state index contributed by atoms with van der Waals surface area (Å²) < 4.78 is 6.10. The quantitative estimate of drug-likeness (QED) is 0.864. The third-order valence-corrected chi connectivity index (χ3v) is 3.84. The van der Waals surface area contributed by atoms with E-state index in [1.165, 1.54) is 11.1 Å². The highest BCUT2D eigenvalue weighted by molar-refractivity contribution is 5.77. The second-order valence-electron chi connectivity index (χ2n) is 5.76. The molecule has 2 heterocycles. The van der Waals surface area contributed by atoms with E-state index in [0.717, 1.165) is 23.4 Å². The second-order valence-corrected chi connectivity index (χ2v) is 5.76. The van der Waals surface area contributed by atoms with Crippen molar-refractivity contribution < 1.29 is 9.53 Å². The third-order valence-electron chi connectivity index (χ3n) is 3.84. The van der Waals surface area contributed by atoms with Crippen LogP contribution >= 0.6 is 0 Å². The number of pyridine rings is 1. The molecule has 23 heavy (non-hydrogen) atoms. The Bertz CT molecular complexity index is 726. The Morgan fingerprint density at radius 3 is 3.09 bits per heavy atom. The number of hydrogen-bond acceptors (Lipinski definition) is 3. The Balaban J connectivity index is 1.79. The van der Waals surface area contributed by atoms with Gasteiger partial charge in [0.05, 0.1) is 12.2 Å². The van der Waals surface area contributed by atoms with Gasteiger partial charge in [-0.2, -0.15) is 0 Å². The van der Waals surface area contributed by atoms with E-state index in [0.29, 0.717) is 13.0 Å². The van der Waals surface area contributed by atoms with Crippen LogP contribution in [0.4, 0.5) is 0 Å². The van der Waals surface area contributed by atoms with Gasteiger partial charge >= 0.3 is 0 Å². The lowest BCUT2D eigenvalue weighted by Crippen LogP contribution is -2.34. The van der Waals surface area contributed by atoms with Crippen molar-refractivity contribution in [1.29, 1.82) is 0 Å². The molecule has 4 heteroatoms. The zero-order valence-electron chi connectivity index (χ0n) is 13.2. The molecule has 1 atom stereocenters. The van der Waals surface area contributed by atoms with Crippen LogP contribution in [0.5, 0.6) is 5.75 Å². The summed E-state index contributed by atoms with van der Waals surface area (Å²) in [5, 5.41) is 2.88. The standard InChI is InChI=1S/C19H20N2O2/c1-3-6-18(22)21-12-15-11-14-9-13(2)10-16(19(14)23-15)17-7-4-5-8-20-17/h3-5,7-10,15H,1,6,11-12H2,2H3,(H,21,22). The number of aryl methyl sites for hydroxylation is 1. The molecule has 0 saturated carbocycles. The first kappa shape index (κ1) is 15.3. The average Bonchev–Trinajstić information content (AvgIpc) is 2.96. The van der Waals surface area contributed by atoms with E-state index in [1.54, 1.807) is 12.3 Å². The second kappa shape index (κ2) is 6.65. The largest absolute Gasteiger partial charge is 0.487 e. The van der Waals surface area contributed by atoms with E-state index >= 15 is 0 Å². The number of hydrogen-bond donors (Lipinski definition) is 1. The summed E-state index contributed by atoms with van der Waals surface area (Å²) in [6.45, 7) is 6.15. The minimum atomic E-state index is -0.0389. The van der Waals surface area contributed by atoms with Crippen LogP contribution in [0.25, 0.3) is 11.3 Å². The molecule has 1 aliphatic rings. The molecule has 0 fully saturated rings. The number of benzene rings is 1. The zero-order chi connectivity index (χ0) is 16.2. The number of aromatic nitrogens is 1. The molecule has 118 valence electrons. The van der Waals surface area contributed by atoms with E-state index < -0.39 is 0 Å². The van der Waals surface area contributed by atoms with Crippen LogP contribution in [0.2, 0.25) is 0 Å². The van der Waals surface area contributed by atoms with Crippen LogP contribution in [0.1, 0.15) is 17.5 Å². The van der Waals surface area contributed by atoms with E-state index in [4.69, 9.17) is 4.74 Å². The van der Waals surface area contributed by atoms with E-state index in [1.807, 2.05) is 18.2 Å². The smallest absolute Gasteiger partial charge is 0.223 e. The molecule has 1 aromatic carbocycles. The molecule has 2 aromatic rings. The summed E-state index contributed by atoms with van der Waals surface area (Å²) in [6.07, 6.45) is 4.47. The number of ether oxygens (including phenoxy) is 1. The van der Waals surface area contributed by atoms with Crippen LogP contribution in [-0.4, -0.2) is 23.5 Å². The maximum absolute atomic E-state index is 11.6.